The van der Waals surface area contributed by atoms with Gasteiger partial charge >= 0.3 is 0 Å². The molecule has 0 aromatic heterocycles. The van der Waals surface area contributed by atoms with Gasteiger partial charge < -0.3 is 9.84 Å². The number of hydrogen-bond donors (Lipinski definition) is 1. The summed E-state index contributed by atoms with van der Waals surface area (Å²) in [6.45, 7) is 5.02. The molecule has 0 saturated heterocycles. The van der Waals surface area contributed by atoms with Crippen LogP contribution in [0.1, 0.15) is 51.2 Å². The molecule has 0 fully saturated rings. The fourth-order valence-electron chi connectivity index (χ4n) is 1.74. The fourth-order valence-corrected chi connectivity index (χ4v) is 1.74. The van der Waals surface area contributed by atoms with Gasteiger partial charge in [-0.2, -0.15) is 0 Å². The van der Waals surface area contributed by atoms with Gasteiger partial charge in [0.1, 0.15) is 5.75 Å². The summed E-state index contributed by atoms with van der Waals surface area (Å²) in [5.74, 6) is 0.347. The van der Waals surface area contributed by atoms with E-state index in [1.165, 1.54) is 0 Å². The number of rotatable bonds is 7. The summed E-state index contributed by atoms with van der Waals surface area (Å²) < 4.78 is 5.80. The summed E-state index contributed by atoms with van der Waals surface area (Å²) in [6.07, 6.45) is 4.31. The number of para-hydroxylation sites is 1. The second kappa shape index (κ2) is 7.29. The number of phenolic OH excluding ortho intramolecular Hbond substituents is 1. The average molecular weight is 222 g/mol. The van der Waals surface area contributed by atoms with E-state index in [-0.39, 0.29) is 6.10 Å². The largest absolute Gasteiger partial charge is 0.508 e. The monoisotopic (exact) mass is 222 g/mol. The molecule has 1 atom stereocenters. The molecule has 0 saturated carbocycles. The molecule has 0 aliphatic rings. The molecule has 0 radical (unpaired) electrons. The van der Waals surface area contributed by atoms with E-state index in [1.807, 2.05) is 18.2 Å². The van der Waals surface area contributed by atoms with Crippen LogP contribution in [-0.2, 0) is 4.74 Å². The van der Waals surface area contributed by atoms with Crippen molar-refractivity contribution in [2.24, 2.45) is 0 Å². The lowest BCUT2D eigenvalue weighted by Crippen LogP contribution is -2.05. The van der Waals surface area contributed by atoms with E-state index in [9.17, 15) is 5.11 Å². The van der Waals surface area contributed by atoms with Crippen molar-refractivity contribution in [3.63, 3.8) is 0 Å². The molecule has 0 bridgehead atoms. The van der Waals surface area contributed by atoms with Crippen molar-refractivity contribution in [2.45, 2.75) is 45.6 Å². The van der Waals surface area contributed by atoms with E-state index >= 15 is 0 Å². The first-order chi connectivity index (χ1) is 7.79. The van der Waals surface area contributed by atoms with Crippen LogP contribution in [-0.4, -0.2) is 11.7 Å². The maximum atomic E-state index is 9.80. The van der Waals surface area contributed by atoms with Gasteiger partial charge in [-0.15, -0.1) is 0 Å². The van der Waals surface area contributed by atoms with Crippen LogP contribution in [0.5, 0.6) is 5.75 Å². The summed E-state index contributed by atoms with van der Waals surface area (Å²) in [5, 5.41) is 9.80. The van der Waals surface area contributed by atoms with Gasteiger partial charge in [-0.1, -0.05) is 44.9 Å². The van der Waals surface area contributed by atoms with Crippen LogP contribution in [0.4, 0.5) is 0 Å². The van der Waals surface area contributed by atoms with E-state index in [0.717, 1.165) is 37.9 Å². The van der Waals surface area contributed by atoms with Crippen molar-refractivity contribution in [3.8, 4) is 5.75 Å². The fraction of sp³-hybridized carbons (Fsp3) is 0.571. The third-order valence-electron chi connectivity index (χ3n) is 2.63. The van der Waals surface area contributed by atoms with Crippen molar-refractivity contribution in [1.82, 2.24) is 0 Å². The summed E-state index contributed by atoms with van der Waals surface area (Å²) in [5.41, 5.74) is 0.921. The Morgan fingerprint density at radius 3 is 2.56 bits per heavy atom. The minimum absolute atomic E-state index is 0.0427. The molecule has 1 aromatic rings. The predicted octanol–water partition coefficient (Wildman–Crippen LogP) is 4.05. The van der Waals surface area contributed by atoms with Crippen LogP contribution in [0.15, 0.2) is 24.3 Å². The van der Waals surface area contributed by atoms with Gasteiger partial charge in [0.25, 0.3) is 0 Å². The molecule has 1 rings (SSSR count). The van der Waals surface area contributed by atoms with Crippen LogP contribution >= 0.6 is 0 Å². The third kappa shape index (κ3) is 3.86. The maximum absolute atomic E-state index is 9.80. The first kappa shape index (κ1) is 13.0. The number of aromatic hydroxyl groups is 1. The van der Waals surface area contributed by atoms with Gasteiger partial charge in [-0.05, 0) is 18.9 Å². The van der Waals surface area contributed by atoms with E-state index in [4.69, 9.17) is 4.74 Å². The zero-order chi connectivity index (χ0) is 11.8. The molecule has 90 valence electrons. The number of phenols is 1. The summed E-state index contributed by atoms with van der Waals surface area (Å²) in [4.78, 5) is 0. The van der Waals surface area contributed by atoms with Gasteiger partial charge in [-0.3, -0.25) is 0 Å². The molecule has 1 unspecified atom stereocenters. The number of hydrogen-bond acceptors (Lipinski definition) is 2. The second-order valence-corrected chi connectivity index (χ2v) is 4.06. The lowest BCUT2D eigenvalue weighted by Gasteiger charge is -2.18. The predicted molar refractivity (Wildman–Crippen MR) is 66.6 cm³/mol. The quantitative estimate of drug-likeness (QED) is 0.754. The first-order valence-corrected chi connectivity index (χ1v) is 6.19. The van der Waals surface area contributed by atoms with Gasteiger partial charge in [0.05, 0.1) is 6.10 Å². The number of unbranched alkanes of at least 4 members (excludes halogenated alkanes) is 1. The Morgan fingerprint density at radius 1 is 1.19 bits per heavy atom. The molecule has 1 N–H and O–H groups in total. The molecule has 0 spiro atoms. The lowest BCUT2D eigenvalue weighted by molar-refractivity contribution is 0.0439. The zero-order valence-corrected chi connectivity index (χ0v) is 10.3. The van der Waals surface area contributed by atoms with Gasteiger partial charge in [0, 0.05) is 12.2 Å². The Balaban J connectivity index is 2.70. The third-order valence-corrected chi connectivity index (χ3v) is 2.63. The molecule has 0 heterocycles. The van der Waals surface area contributed by atoms with Crippen molar-refractivity contribution in [3.05, 3.63) is 29.8 Å². The number of ether oxygens (including phenoxy) is 1. The second-order valence-electron chi connectivity index (χ2n) is 4.06. The van der Waals surface area contributed by atoms with Crippen LogP contribution in [0.3, 0.4) is 0 Å². The normalized spacial score (nSPS) is 12.6. The molecule has 0 aliphatic carbocycles. The summed E-state index contributed by atoms with van der Waals surface area (Å²) >= 11 is 0. The molecule has 2 nitrogen and oxygen atoms in total. The Hall–Kier alpha value is -1.02. The van der Waals surface area contributed by atoms with E-state index in [0.29, 0.717) is 5.75 Å². The summed E-state index contributed by atoms with van der Waals surface area (Å²) in [6, 6.07) is 7.47. The van der Waals surface area contributed by atoms with Gasteiger partial charge in [0.2, 0.25) is 0 Å². The average Bonchev–Trinajstić information content (AvgIpc) is 2.31. The Kier molecular flexibility index (Phi) is 5.94. The maximum Gasteiger partial charge on any atom is 0.121 e. The molecule has 16 heavy (non-hydrogen) atoms. The molecular weight excluding hydrogens is 200 g/mol. The minimum Gasteiger partial charge on any atom is -0.508 e. The Labute approximate surface area is 98.3 Å². The highest BCUT2D eigenvalue weighted by molar-refractivity contribution is 5.33. The van der Waals surface area contributed by atoms with Crippen molar-refractivity contribution in [2.75, 3.05) is 6.61 Å². The molecule has 0 aliphatic heterocycles. The van der Waals surface area contributed by atoms with Crippen LogP contribution in [0.25, 0.3) is 0 Å². The summed E-state index contributed by atoms with van der Waals surface area (Å²) in [7, 11) is 0. The van der Waals surface area contributed by atoms with E-state index in [2.05, 4.69) is 13.8 Å². The van der Waals surface area contributed by atoms with Crippen molar-refractivity contribution < 1.29 is 9.84 Å². The Bertz CT molecular complexity index is 289. The smallest absolute Gasteiger partial charge is 0.121 e. The van der Waals surface area contributed by atoms with Gasteiger partial charge in [0.15, 0.2) is 0 Å². The highest BCUT2D eigenvalue weighted by Crippen LogP contribution is 2.30. The standard InChI is InChI=1S/C14H22O2/c1-3-5-10-14(16-11-4-2)12-8-6-7-9-13(12)15/h6-9,14-15H,3-5,10-11H2,1-2H3. The van der Waals surface area contributed by atoms with E-state index < -0.39 is 0 Å². The molecular formula is C14H22O2. The Morgan fingerprint density at radius 2 is 1.94 bits per heavy atom. The van der Waals surface area contributed by atoms with Crippen molar-refractivity contribution in [1.29, 1.82) is 0 Å². The zero-order valence-electron chi connectivity index (χ0n) is 10.3. The SMILES string of the molecule is CCCCC(OCCC)c1ccccc1O. The molecule has 0 amide bonds. The topological polar surface area (TPSA) is 29.5 Å². The van der Waals surface area contributed by atoms with Gasteiger partial charge in [-0.25, -0.2) is 0 Å². The first-order valence-electron chi connectivity index (χ1n) is 6.19. The highest BCUT2D eigenvalue weighted by Gasteiger charge is 2.14. The number of benzene rings is 1. The van der Waals surface area contributed by atoms with Crippen LogP contribution in [0, 0.1) is 0 Å². The van der Waals surface area contributed by atoms with E-state index in [1.54, 1.807) is 6.07 Å². The lowest BCUT2D eigenvalue weighted by atomic mass is 10.0. The van der Waals surface area contributed by atoms with Crippen LogP contribution in [0.2, 0.25) is 0 Å². The molecule has 2 heteroatoms. The van der Waals surface area contributed by atoms with Crippen LogP contribution < -0.4 is 0 Å². The highest BCUT2D eigenvalue weighted by atomic mass is 16.5. The van der Waals surface area contributed by atoms with Crippen molar-refractivity contribution >= 4 is 0 Å². The molecule has 1 aromatic carbocycles. The minimum atomic E-state index is 0.0427.